The van der Waals surface area contributed by atoms with Crippen LogP contribution in [0.5, 0.6) is 0 Å². The Morgan fingerprint density at radius 3 is 2.41 bits per heavy atom. The number of hydrogen-bond acceptors (Lipinski definition) is 1. The number of halogens is 1. The zero-order chi connectivity index (χ0) is 15.7. The van der Waals surface area contributed by atoms with Crippen molar-refractivity contribution >= 4 is 21.7 Å². The van der Waals surface area contributed by atoms with E-state index in [0.29, 0.717) is 0 Å². The first kappa shape index (κ1) is 14.8. The van der Waals surface area contributed by atoms with Crippen molar-refractivity contribution in [3.8, 4) is 16.8 Å². The Kier molecular flexibility index (Phi) is 3.99. The van der Waals surface area contributed by atoms with Gasteiger partial charge in [-0.3, -0.25) is 4.79 Å². The minimum Gasteiger partial charge on any atom is -0.320 e. The van der Waals surface area contributed by atoms with Gasteiger partial charge in [0.2, 0.25) is 0 Å². The van der Waals surface area contributed by atoms with E-state index in [1.54, 1.807) is 6.92 Å². The molecule has 3 aromatic rings. The summed E-state index contributed by atoms with van der Waals surface area (Å²) in [5.74, 6) is 0.0881. The molecular weight excluding hydrogens is 338 g/mol. The summed E-state index contributed by atoms with van der Waals surface area (Å²) < 4.78 is 3.09. The van der Waals surface area contributed by atoms with Crippen molar-refractivity contribution in [3.63, 3.8) is 0 Å². The molecular formula is C19H16BrNO. The van der Waals surface area contributed by atoms with Crippen molar-refractivity contribution in [2.45, 2.75) is 13.8 Å². The van der Waals surface area contributed by atoms with Gasteiger partial charge in [0.15, 0.2) is 5.78 Å². The van der Waals surface area contributed by atoms with Crippen LogP contribution < -0.4 is 0 Å². The maximum Gasteiger partial charge on any atom is 0.162 e. The van der Waals surface area contributed by atoms with E-state index >= 15 is 0 Å². The van der Waals surface area contributed by atoms with Gasteiger partial charge in [0, 0.05) is 33.2 Å². The van der Waals surface area contributed by atoms with Gasteiger partial charge in [-0.05, 0) is 37.6 Å². The van der Waals surface area contributed by atoms with Gasteiger partial charge in [0.25, 0.3) is 0 Å². The highest BCUT2D eigenvalue weighted by atomic mass is 79.9. The third kappa shape index (κ3) is 2.64. The third-order valence-electron chi connectivity index (χ3n) is 3.77. The van der Waals surface area contributed by atoms with Gasteiger partial charge in [-0.25, -0.2) is 0 Å². The minimum absolute atomic E-state index is 0.0881. The van der Waals surface area contributed by atoms with Crippen LogP contribution in [0.2, 0.25) is 0 Å². The van der Waals surface area contributed by atoms with Crippen molar-refractivity contribution in [2.75, 3.05) is 0 Å². The van der Waals surface area contributed by atoms with Crippen molar-refractivity contribution in [2.24, 2.45) is 0 Å². The zero-order valence-corrected chi connectivity index (χ0v) is 14.1. The Bertz CT molecular complexity index is 834. The predicted octanol–water partition coefficient (Wildman–Crippen LogP) is 5.42. The number of aromatic nitrogens is 1. The number of hydrogen-bond donors (Lipinski definition) is 0. The standard InChI is InChI=1S/C19H16BrNO/c1-13-19(14(2)22)18(15-7-4-3-5-8-15)12-21(13)17-10-6-9-16(20)11-17/h3-12H,1-2H3. The van der Waals surface area contributed by atoms with E-state index in [1.165, 1.54) is 0 Å². The monoisotopic (exact) mass is 353 g/mol. The first-order chi connectivity index (χ1) is 10.6. The lowest BCUT2D eigenvalue weighted by Crippen LogP contribution is -1.99. The van der Waals surface area contributed by atoms with Crippen LogP contribution in [0.25, 0.3) is 16.8 Å². The molecule has 3 heteroatoms. The molecule has 0 atom stereocenters. The predicted molar refractivity (Wildman–Crippen MR) is 93.6 cm³/mol. The summed E-state index contributed by atoms with van der Waals surface area (Å²) in [6.07, 6.45) is 2.04. The van der Waals surface area contributed by atoms with Gasteiger partial charge in [-0.1, -0.05) is 52.3 Å². The molecule has 0 aliphatic rings. The van der Waals surface area contributed by atoms with Crippen LogP contribution in [-0.2, 0) is 0 Å². The van der Waals surface area contributed by atoms with Gasteiger partial charge >= 0.3 is 0 Å². The molecule has 0 fully saturated rings. The number of carbonyl (C=O) groups is 1. The van der Waals surface area contributed by atoms with E-state index in [9.17, 15) is 4.79 Å². The Morgan fingerprint density at radius 2 is 1.77 bits per heavy atom. The number of benzene rings is 2. The van der Waals surface area contributed by atoms with Crippen LogP contribution in [-0.4, -0.2) is 10.4 Å². The second kappa shape index (κ2) is 5.93. The summed E-state index contributed by atoms with van der Waals surface area (Å²) in [4.78, 5) is 12.1. The third-order valence-corrected chi connectivity index (χ3v) is 4.27. The summed E-state index contributed by atoms with van der Waals surface area (Å²) in [6.45, 7) is 3.62. The smallest absolute Gasteiger partial charge is 0.162 e. The topological polar surface area (TPSA) is 22.0 Å². The number of rotatable bonds is 3. The summed E-state index contributed by atoms with van der Waals surface area (Å²) in [5, 5.41) is 0. The van der Waals surface area contributed by atoms with Crippen molar-refractivity contribution in [3.05, 3.63) is 76.5 Å². The van der Waals surface area contributed by atoms with Gasteiger partial charge < -0.3 is 4.57 Å². The Morgan fingerprint density at radius 1 is 1.05 bits per heavy atom. The SMILES string of the molecule is CC(=O)c1c(-c2ccccc2)cn(-c2cccc(Br)c2)c1C. The molecule has 0 radical (unpaired) electrons. The normalized spacial score (nSPS) is 10.7. The fourth-order valence-corrected chi connectivity index (χ4v) is 3.17. The second-order valence-corrected chi connectivity index (χ2v) is 6.19. The van der Waals surface area contributed by atoms with Gasteiger partial charge in [0.05, 0.1) is 0 Å². The van der Waals surface area contributed by atoms with Gasteiger partial charge in [-0.15, -0.1) is 0 Å². The fraction of sp³-hybridized carbons (Fsp3) is 0.105. The Balaban J connectivity index is 2.24. The molecule has 0 aliphatic heterocycles. The van der Waals surface area contributed by atoms with Crippen LogP contribution in [0.1, 0.15) is 23.0 Å². The van der Waals surface area contributed by atoms with Crippen LogP contribution >= 0.6 is 15.9 Å². The molecule has 0 bridgehead atoms. The lowest BCUT2D eigenvalue weighted by Gasteiger charge is -2.07. The maximum absolute atomic E-state index is 12.1. The van der Waals surface area contributed by atoms with Crippen molar-refractivity contribution in [1.82, 2.24) is 4.57 Å². The Labute approximate surface area is 138 Å². The van der Waals surface area contributed by atoms with E-state index in [-0.39, 0.29) is 5.78 Å². The van der Waals surface area contributed by atoms with Crippen molar-refractivity contribution in [1.29, 1.82) is 0 Å². The minimum atomic E-state index is 0.0881. The molecule has 2 nitrogen and oxygen atoms in total. The molecule has 0 N–H and O–H groups in total. The molecule has 0 spiro atoms. The zero-order valence-electron chi connectivity index (χ0n) is 12.5. The molecule has 1 aromatic heterocycles. The molecule has 0 aliphatic carbocycles. The van der Waals surface area contributed by atoms with E-state index in [0.717, 1.165) is 32.5 Å². The fourth-order valence-electron chi connectivity index (χ4n) is 2.78. The molecule has 22 heavy (non-hydrogen) atoms. The van der Waals surface area contributed by atoms with Crippen LogP contribution in [0, 0.1) is 6.92 Å². The highest BCUT2D eigenvalue weighted by molar-refractivity contribution is 9.10. The maximum atomic E-state index is 12.1. The molecule has 110 valence electrons. The first-order valence-electron chi connectivity index (χ1n) is 7.12. The lowest BCUT2D eigenvalue weighted by atomic mass is 10.0. The van der Waals surface area contributed by atoms with E-state index in [4.69, 9.17) is 0 Å². The number of Topliss-reactive ketones (excluding diaryl/α,β-unsaturated/α-hetero) is 1. The summed E-state index contributed by atoms with van der Waals surface area (Å²) >= 11 is 3.50. The van der Waals surface area contributed by atoms with E-state index in [1.807, 2.05) is 67.7 Å². The van der Waals surface area contributed by atoms with Gasteiger partial charge in [-0.2, -0.15) is 0 Å². The second-order valence-electron chi connectivity index (χ2n) is 5.28. The molecule has 1 heterocycles. The number of carbonyl (C=O) groups excluding carboxylic acids is 1. The highest BCUT2D eigenvalue weighted by Crippen LogP contribution is 2.31. The summed E-state index contributed by atoms with van der Waals surface area (Å²) in [7, 11) is 0. The summed E-state index contributed by atoms with van der Waals surface area (Å²) in [5.41, 5.74) is 4.82. The lowest BCUT2D eigenvalue weighted by molar-refractivity contribution is 0.101. The quantitative estimate of drug-likeness (QED) is 0.576. The largest absolute Gasteiger partial charge is 0.320 e. The average Bonchev–Trinajstić information content (AvgIpc) is 2.86. The summed E-state index contributed by atoms with van der Waals surface area (Å²) in [6, 6.07) is 18.1. The molecule has 3 rings (SSSR count). The van der Waals surface area contributed by atoms with Crippen LogP contribution in [0.15, 0.2) is 65.3 Å². The van der Waals surface area contributed by atoms with E-state index < -0.39 is 0 Å². The molecule has 0 saturated carbocycles. The first-order valence-corrected chi connectivity index (χ1v) is 7.91. The average molecular weight is 354 g/mol. The number of ketones is 1. The Hall–Kier alpha value is -2.13. The highest BCUT2D eigenvalue weighted by Gasteiger charge is 2.18. The molecule has 0 saturated heterocycles. The molecule has 0 unspecified atom stereocenters. The van der Waals surface area contributed by atoms with E-state index in [2.05, 4.69) is 20.5 Å². The molecule has 2 aromatic carbocycles. The van der Waals surface area contributed by atoms with Crippen LogP contribution in [0.3, 0.4) is 0 Å². The van der Waals surface area contributed by atoms with Crippen LogP contribution in [0.4, 0.5) is 0 Å². The molecule has 0 amide bonds. The van der Waals surface area contributed by atoms with Crippen molar-refractivity contribution < 1.29 is 4.79 Å². The van der Waals surface area contributed by atoms with Gasteiger partial charge in [0.1, 0.15) is 0 Å². The number of nitrogens with zero attached hydrogens (tertiary/aromatic N) is 1.